The van der Waals surface area contributed by atoms with Gasteiger partial charge in [0.05, 0.1) is 15.1 Å². The minimum Gasteiger partial charge on any atom is -0.449 e. The normalized spacial score (nSPS) is 16.6. The van der Waals surface area contributed by atoms with E-state index in [2.05, 4.69) is 26.2 Å². The Bertz CT molecular complexity index is 1130. The van der Waals surface area contributed by atoms with Gasteiger partial charge >= 0.3 is 0 Å². The van der Waals surface area contributed by atoms with Crippen LogP contribution in [0.15, 0.2) is 83.4 Å². The lowest BCUT2D eigenvalue weighted by Crippen LogP contribution is -2.19. The smallest absolute Gasteiger partial charge is 0.264 e. The van der Waals surface area contributed by atoms with Crippen molar-refractivity contribution in [2.45, 2.75) is 9.99 Å². The zero-order valence-corrected chi connectivity index (χ0v) is 19.2. The average molecular weight is 526 g/mol. The highest BCUT2D eigenvalue weighted by Crippen LogP contribution is 2.38. The van der Waals surface area contributed by atoms with Crippen LogP contribution in [0.25, 0.3) is 6.08 Å². The Morgan fingerprint density at radius 2 is 1.72 bits per heavy atom. The first-order valence-corrected chi connectivity index (χ1v) is 11.4. The fraction of sp³-hybridized carbons (Fsp3) is 0. The standard InChI is InChI=1S/C20H11BrCl2N2O2S2/c21-16-9-14(27-19(16)28-15-7-3-12(23)4-8-15)10-17-18(26)25-20(29-17)24-13-5-1-11(22)2-6-13/h1-10H,(H,24,25,26)/b17-10-. The molecule has 1 amide bonds. The number of thioether (sulfide) groups is 1. The van der Waals surface area contributed by atoms with E-state index in [0.29, 0.717) is 36.7 Å². The van der Waals surface area contributed by atoms with Gasteiger partial charge in [-0.1, -0.05) is 35.0 Å². The maximum Gasteiger partial charge on any atom is 0.264 e. The van der Waals surface area contributed by atoms with Gasteiger partial charge in [0.2, 0.25) is 0 Å². The summed E-state index contributed by atoms with van der Waals surface area (Å²) in [6, 6.07) is 16.4. The van der Waals surface area contributed by atoms with Gasteiger partial charge in [0.15, 0.2) is 10.3 Å². The number of hydrogen-bond donors (Lipinski definition) is 1. The highest BCUT2D eigenvalue weighted by atomic mass is 79.9. The van der Waals surface area contributed by atoms with Crippen molar-refractivity contribution in [3.05, 3.63) is 79.8 Å². The predicted molar refractivity (Wildman–Crippen MR) is 124 cm³/mol. The lowest BCUT2D eigenvalue weighted by Gasteiger charge is -1.98. The van der Waals surface area contributed by atoms with Gasteiger partial charge in [-0.3, -0.25) is 4.79 Å². The monoisotopic (exact) mass is 524 g/mol. The Hall–Kier alpha value is -1.64. The molecule has 1 aliphatic rings. The van der Waals surface area contributed by atoms with Crippen molar-refractivity contribution < 1.29 is 9.21 Å². The molecule has 1 fully saturated rings. The van der Waals surface area contributed by atoms with Gasteiger partial charge in [0, 0.05) is 21.0 Å². The fourth-order valence-corrected chi connectivity index (χ4v) is 4.77. The second kappa shape index (κ2) is 9.02. The molecule has 3 aromatic rings. The molecule has 0 saturated carbocycles. The number of nitrogens with one attached hydrogen (secondary N) is 1. The first-order chi connectivity index (χ1) is 14.0. The van der Waals surface area contributed by atoms with Crippen LogP contribution in [-0.2, 0) is 4.79 Å². The summed E-state index contributed by atoms with van der Waals surface area (Å²) in [6.45, 7) is 0. The summed E-state index contributed by atoms with van der Waals surface area (Å²) in [5, 5.41) is 5.26. The van der Waals surface area contributed by atoms with E-state index < -0.39 is 0 Å². The molecular formula is C20H11BrCl2N2O2S2. The van der Waals surface area contributed by atoms with E-state index >= 15 is 0 Å². The van der Waals surface area contributed by atoms with E-state index in [1.165, 1.54) is 23.5 Å². The molecular weight excluding hydrogens is 515 g/mol. The summed E-state index contributed by atoms with van der Waals surface area (Å²) >= 11 is 18.0. The van der Waals surface area contributed by atoms with Crippen LogP contribution in [-0.4, -0.2) is 11.1 Å². The Morgan fingerprint density at radius 1 is 1.07 bits per heavy atom. The molecule has 0 unspecified atom stereocenters. The average Bonchev–Trinajstić information content (AvgIpc) is 3.21. The molecule has 2 heterocycles. The number of carbonyl (C=O) groups is 1. The zero-order chi connectivity index (χ0) is 20.4. The molecule has 1 aliphatic heterocycles. The second-order valence-electron chi connectivity index (χ2n) is 5.80. The third-order valence-corrected chi connectivity index (χ3v) is 6.94. The van der Waals surface area contributed by atoms with Crippen molar-refractivity contribution in [2.24, 2.45) is 4.99 Å². The number of aliphatic imine (C=N–C) groups is 1. The van der Waals surface area contributed by atoms with Gasteiger partial charge in [0.25, 0.3) is 5.91 Å². The van der Waals surface area contributed by atoms with Crippen LogP contribution in [0.3, 0.4) is 0 Å². The maximum atomic E-state index is 12.3. The van der Waals surface area contributed by atoms with E-state index in [-0.39, 0.29) is 5.91 Å². The predicted octanol–water partition coefficient (Wildman–Crippen LogP) is 7.39. The van der Waals surface area contributed by atoms with Crippen LogP contribution in [0.2, 0.25) is 10.0 Å². The molecule has 1 N–H and O–H groups in total. The largest absolute Gasteiger partial charge is 0.449 e. The van der Waals surface area contributed by atoms with Gasteiger partial charge in [-0.05, 0) is 82.3 Å². The van der Waals surface area contributed by atoms with E-state index in [1.54, 1.807) is 30.3 Å². The highest BCUT2D eigenvalue weighted by molar-refractivity contribution is 9.10. The molecule has 29 heavy (non-hydrogen) atoms. The summed E-state index contributed by atoms with van der Waals surface area (Å²) in [5.41, 5.74) is 0.709. The Morgan fingerprint density at radius 3 is 2.41 bits per heavy atom. The summed E-state index contributed by atoms with van der Waals surface area (Å²) < 4.78 is 6.69. The van der Waals surface area contributed by atoms with Gasteiger partial charge in [-0.15, -0.1) is 0 Å². The van der Waals surface area contributed by atoms with Crippen LogP contribution >= 0.6 is 62.7 Å². The summed E-state index contributed by atoms with van der Waals surface area (Å²) in [5.74, 6) is 0.348. The van der Waals surface area contributed by atoms with Crippen LogP contribution in [0.5, 0.6) is 0 Å². The topological polar surface area (TPSA) is 54.6 Å². The van der Waals surface area contributed by atoms with E-state index in [0.717, 1.165) is 9.37 Å². The van der Waals surface area contributed by atoms with Crippen molar-refractivity contribution in [3.8, 4) is 0 Å². The van der Waals surface area contributed by atoms with Crippen molar-refractivity contribution in [3.63, 3.8) is 0 Å². The van der Waals surface area contributed by atoms with Crippen LogP contribution in [0, 0.1) is 0 Å². The van der Waals surface area contributed by atoms with Crippen LogP contribution < -0.4 is 5.32 Å². The van der Waals surface area contributed by atoms with E-state index in [9.17, 15) is 4.79 Å². The number of amides is 1. The van der Waals surface area contributed by atoms with Crippen molar-refractivity contribution in [1.82, 2.24) is 5.32 Å². The lowest BCUT2D eigenvalue weighted by molar-refractivity contribution is -0.115. The molecule has 0 atom stereocenters. The first-order valence-electron chi connectivity index (χ1n) is 8.24. The summed E-state index contributed by atoms with van der Waals surface area (Å²) in [4.78, 5) is 18.2. The molecule has 0 bridgehead atoms. The molecule has 0 radical (unpaired) electrons. The van der Waals surface area contributed by atoms with Crippen molar-refractivity contribution >= 4 is 85.5 Å². The minimum absolute atomic E-state index is 0.220. The van der Waals surface area contributed by atoms with Gasteiger partial charge in [0.1, 0.15) is 5.76 Å². The van der Waals surface area contributed by atoms with Crippen LogP contribution in [0.1, 0.15) is 5.76 Å². The van der Waals surface area contributed by atoms with E-state index in [4.69, 9.17) is 27.6 Å². The molecule has 9 heteroatoms. The molecule has 146 valence electrons. The number of hydrogen-bond acceptors (Lipinski definition) is 5. The van der Waals surface area contributed by atoms with Gasteiger partial charge in [-0.25, -0.2) is 4.99 Å². The molecule has 2 aromatic carbocycles. The highest BCUT2D eigenvalue weighted by Gasteiger charge is 2.24. The number of amidine groups is 1. The first kappa shape index (κ1) is 20.6. The number of halogens is 3. The molecule has 1 aromatic heterocycles. The zero-order valence-electron chi connectivity index (χ0n) is 14.5. The summed E-state index contributed by atoms with van der Waals surface area (Å²) in [6.07, 6.45) is 1.70. The molecule has 0 aliphatic carbocycles. The third-order valence-electron chi connectivity index (χ3n) is 3.68. The molecule has 1 saturated heterocycles. The number of furan rings is 1. The van der Waals surface area contributed by atoms with Gasteiger partial charge in [-0.2, -0.15) is 0 Å². The van der Waals surface area contributed by atoms with Crippen LogP contribution in [0.4, 0.5) is 5.69 Å². The number of nitrogens with zero attached hydrogens (tertiary/aromatic N) is 1. The minimum atomic E-state index is -0.220. The summed E-state index contributed by atoms with van der Waals surface area (Å²) in [7, 11) is 0. The van der Waals surface area contributed by atoms with E-state index in [1.807, 2.05) is 30.3 Å². The van der Waals surface area contributed by atoms with Crippen molar-refractivity contribution in [1.29, 1.82) is 0 Å². The molecule has 0 spiro atoms. The molecule has 4 rings (SSSR count). The number of carbonyl (C=O) groups excluding carboxylic acids is 1. The second-order valence-corrected chi connectivity index (χ2v) is 9.60. The Balaban J connectivity index is 1.51. The fourth-order valence-electron chi connectivity index (χ4n) is 2.36. The molecule has 4 nitrogen and oxygen atoms in total. The Labute approximate surface area is 193 Å². The number of rotatable bonds is 4. The quantitative estimate of drug-likeness (QED) is 0.361. The Kier molecular flexibility index (Phi) is 6.41. The lowest BCUT2D eigenvalue weighted by atomic mass is 10.3. The number of benzene rings is 2. The maximum absolute atomic E-state index is 12.3. The SMILES string of the molecule is O=C1NC(=Nc2ccc(Cl)cc2)S/C1=C\c1cc(Br)c(Sc2ccc(Cl)cc2)o1. The third kappa shape index (κ3) is 5.29. The van der Waals surface area contributed by atoms with Crippen molar-refractivity contribution in [2.75, 3.05) is 0 Å². The van der Waals surface area contributed by atoms with Gasteiger partial charge < -0.3 is 9.73 Å².